The number of amides is 1. The first-order chi connectivity index (χ1) is 14.3. The molecule has 3 aromatic rings. The van der Waals surface area contributed by atoms with E-state index in [0.29, 0.717) is 40.4 Å². The van der Waals surface area contributed by atoms with E-state index in [0.717, 1.165) is 11.9 Å². The molecule has 0 saturated carbocycles. The number of rotatable bonds is 7. The Bertz CT molecular complexity index is 1060. The van der Waals surface area contributed by atoms with Crippen molar-refractivity contribution in [2.75, 3.05) is 12.3 Å². The Morgan fingerprint density at radius 1 is 1.23 bits per heavy atom. The number of benzene rings is 1. The summed E-state index contributed by atoms with van der Waals surface area (Å²) in [7, 11) is 0. The van der Waals surface area contributed by atoms with Crippen molar-refractivity contribution in [1.29, 1.82) is 0 Å². The normalized spacial score (nSPS) is 10.8. The van der Waals surface area contributed by atoms with Crippen molar-refractivity contribution in [3.63, 3.8) is 0 Å². The summed E-state index contributed by atoms with van der Waals surface area (Å²) in [5.41, 5.74) is 6.74. The molecule has 0 aliphatic carbocycles. The lowest BCUT2D eigenvalue weighted by molar-refractivity contribution is 0.0984. The molecule has 0 fully saturated rings. The number of nitrogen functional groups attached to an aromatic ring is 1. The van der Waals surface area contributed by atoms with E-state index in [1.807, 2.05) is 13.8 Å². The molecule has 3 rings (SSSR count). The lowest BCUT2D eigenvalue weighted by Gasteiger charge is -2.11. The Kier molecular flexibility index (Phi) is 7.12. The van der Waals surface area contributed by atoms with E-state index in [-0.39, 0.29) is 10.7 Å². The Balaban J connectivity index is 1.75. The van der Waals surface area contributed by atoms with Crippen LogP contribution in [0.25, 0.3) is 11.3 Å². The highest BCUT2D eigenvalue weighted by Gasteiger charge is 2.15. The molecule has 0 aliphatic heterocycles. The van der Waals surface area contributed by atoms with Gasteiger partial charge in [0.15, 0.2) is 0 Å². The fourth-order valence-corrected chi connectivity index (χ4v) is 3.31. The summed E-state index contributed by atoms with van der Waals surface area (Å²) in [5.74, 6) is 0.183. The molecule has 0 spiro atoms. The smallest absolute Gasteiger partial charge is 0.264 e. The van der Waals surface area contributed by atoms with E-state index in [2.05, 4.69) is 14.7 Å². The molecule has 1 amide bonds. The van der Waals surface area contributed by atoms with Crippen LogP contribution in [-0.4, -0.2) is 22.5 Å². The molecule has 2 aromatic heterocycles. The number of hydrogen-bond acceptors (Lipinski definition) is 6. The van der Waals surface area contributed by atoms with E-state index in [4.69, 9.17) is 22.1 Å². The molecule has 0 radical (unpaired) electrons. The molecular weight excluding hydrogens is 427 g/mol. The highest BCUT2D eigenvalue weighted by Crippen LogP contribution is 2.27. The molecule has 0 unspecified atom stereocenters. The molecule has 2 heterocycles. The van der Waals surface area contributed by atoms with Crippen LogP contribution < -0.4 is 15.2 Å². The number of nitrogens with zero attached hydrogens (tertiary/aromatic N) is 2. The van der Waals surface area contributed by atoms with Crippen LogP contribution in [0, 0.1) is 11.7 Å². The standard InChI is InChI=1S/C21H20ClFN4O2S/c1-12(2)11-29-15-9-13(8-14(23)10-15)17-7-6-16(20(22)25-17)21(28)27-30-19-5-3-4-18(24)26-19/h3-10,12H,11H2,1-2H3,(H2,24,26)(H,27,28). The molecular formula is C21H20ClFN4O2S. The van der Waals surface area contributed by atoms with E-state index in [1.54, 1.807) is 30.3 Å². The van der Waals surface area contributed by atoms with Crippen LogP contribution in [0.3, 0.4) is 0 Å². The highest BCUT2D eigenvalue weighted by atomic mass is 35.5. The first kappa shape index (κ1) is 21.9. The lowest BCUT2D eigenvalue weighted by Crippen LogP contribution is -2.17. The minimum Gasteiger partial charge on any atom is -0.493 e. The summed E-state index contributed by atoms with van der Waals surface area (Å²) in [6.07, 6.45) is 0. The Morgan fingerprint density at radius 2 is 2.03 bits per heavy atom. The zero-order valence-electron chi connectivity index (χ0n) is 16.4. The third kappa shape index (κ3) is 5.84. The largest absolute Gasteiger partial charge is 0.493 e. The molecule has 1 aromatic carbocycles. The van der Waals surface area contributed by atoms with Crippen molar-refractivity contribution in [2.45, 2.75) is 18.9 Å². The van der Waals surface area contributed by atoms with Gasteiger partial charge in [0, 0.05) is 23.6 Å². The highest BCUT2D eigenvalue weighted by molar-refractivity contribution is 7.97. The third-order valence-corrected chi connectivity index (χ3v) is 4.85. The van der Waals surface area contributed by atoms with Crippen molar-refractivity contribution in [1.82, 2.24) is 14.7 Å². The van der Waals surface area contributed by atoms with Crippen LogP contribution in [0.15, 0.2) is 53.6 Å². The van der Waals surface area contributed by atoms with Gasteiger partial charge in [-0.15, -0.1) is 0 Å². The van der Waals surface area contributed by atoms with Crippen LogP contribution in [0.2, 0.25) is 5.15 Å². The molecule has 9 heteroatoms. The second-order valence-corrected chi connectivity index (χ2v) is 8.03. The summed E-state index contributed by atoms with van der Waals surface area (Å²) in [4.78, 5) is 20.8. The second kappa shape index (κ2) is 9.77. The predicted molar refractivity (Wildman–Crippen MR) is 117 cm³/mol. The van der Waals surface area contributed by atoms with Crippen molar-refractivity contribution >= 4 is 35.3 Å². The Labute approximate surface area is 183 Å². The molecule has 156 valence electrons. The van der Waals surface area contributed by atoms with Crippen molar-refractivity contribution in [2.24, 2.45) is 5.92 Å². The lowest BCUT2D eigenvalue weighted by atomic mass is 10.1. The summed E-state index contributed by atoms with van der Waals surface area (Å²) in [6.45, 7) is 4.48. The molecule has 30 heavy (non-hydrogen) atoms. The molecule has 0 atom stereocenters. The molecule has 0 bridgehead atoms. The molecule has 6 nitrogen and oxygen atoms in total. The van der Waals surface area contributed by atoms with Crippen molar-refractivity contribution < 1.29 is 13.9 Å². The van der Waals surface area contributed by atoms with Gasteiger partial charge in [0.05, 0.1) is 17.9 Å². The fraction of sp³-hybridized carbons (Fsp3) is 0.190. The first-order valence-corrected chi connectivity index (χ1v) is 10.3. The van der Waals surface area contributed by atoms with Crippen LogP contribution >= 0.6 is 23.5 Å². The maximum atomic E-state index is 14.0. The Morgan fingerprint density at radius 3 is 2.73 bits per heavy atom. The minimum atomic E-state index is -0.447. The summed E-state index contributed by atoms with van der Waals surface area (Å²) < 4.78 is 22.3. The minimum absolute atomic E-state index is 0.0000414. The number of nitrogens with two attached hydrogens (primary N) is 1. The van der Waals surface area contributed by atoms with E-state index >= 15 is 0 Å². The van der Waals surface area contributed by atoms with E-state index in [1.165, 1.54) is 18.2 Å². The van der Waals surface area contributed by atoms with E-state index in [9.17, 15) is 9.18 Å². The number of hydrogen-bond donors (Lipinski definition) is 2. The van der Waals surface area contributed by atoms with Gasteiger partial charge in [-0.3, -0.25) is 9.52 Å². The number of pyridine rings is 2. The number of ether oxygens (including phenoxy) is 1. The monoisotopic (exact) mass is 446 g/mol. The van der Waals surface area contributed by atoms with Gasteiger partial charge in [0.25, 0.3) is 5.91 Å². The Hall–Kier alpha value is -2.84. The molecule has 0 aliphatic rings. The third-order valence-electron chi connectivity index (χ3n) is 3.84. The van der Waals surface area contributed by atoms with Gasteiger partial charge >= 0.3 is 0 Å². The van der Waals surface area contributed by atoms with Crippen molar-refractivity contribution in [3.05, 3.63) is 65.1 Å². The number of anilines is 1. The van der Waals surface area contributed by atoms with Gasteiger partial charge < -0.3 is 10.5 Å². The summed E-state index contributed by atoms with van der Waals surface area (Å²) in [5, 5.41) is 0.540. The van der Waals surface area contributed by atoms with Gasteiger partial charge in [-0.2, -0.15) is 0 Å². The van der Waals surface area contributed by atoms with Crippen LogP contribution in [0.5, 0.6) is 5.75 Å². The zero-order chi connectivity index (χ0) is 21.7. The first-order valence-electron chi connectivity index (χ1n) is 9.12. The van der Waals surface area contributed by atoms with Crippen LogP contribution in [0.1, 0.15) is 24.2 Å². The van der Waals surface area contributed by atoms with Gasteiger partial charge in [-0.05, 0) is 42.3 Å². The average molecular weight is 447 g/mol. The van der Waals surface area contributed by atoms with Gasteiger partial charge in [-0.25, -0.2) is 14.4 Å². The predicted octanol–water partition coefficient (Wildman–Crippen LogP) is 4.99. The number of carbonyl (C=O) groups excluding carboxylic acids is 1. The number of halogens is 2. The van der Waals surface area contributed by atoms with Crippen molar-refractivity contribution in [3.8, 4) is 17.0 Å². The SMILES string of the molecule is CC(C)COc1cc(F)cc(-c2ccc(C(=O)NSc3cccc(N)n3)c(Cl)n2)c1. The number of carbonyl (C=O) groups is 1. The second-order valence-electron chi connectivity index (χ2n) is 6.85. The maximum Gasteiger partial charge on any atom is 0.264 e. The summed E-state index contributed by atoms with van der Waals surface area (Å²) in [6, 6.07) is 12.6. The van der Waals surface area contributed by atoms with Gasteiger partial charge in [-0.1, -0.05) is 31.5 Å². The maximum absolute atomic E-state index is 14.0. The quantitative estimate of drug-likeness (QED) is 0.392. The molecule has 0 saturated heterocycles. The summed E-state index contributed by atoms with van der Waals surface area (Å²) >= 11 is 7.24. The van der Waals surface area contributed by atoms with Crippen LogP contribution in [0.4, 0.5) is 10.2 Å². The number of nitrogens with one attached hydrogen (secondary N) is 1. The van der Waals surface area contributed by atoms with Crippen LogP contribution in [-0.2, 0) is 0 Å². The topological polar surface area (TPSA) is 90.1 Å². The van der Waals surface area contributed by atoms with Gasteiger partial charge in [0.2, 0.25) is 0 Å². The van der Waals surface area contributed by atoms with Gasteiger partial charge in [0.1, 0.15) is 27.6 Å². The average Bonchev–Trinajstić information content (AvgIpc) is 2.70. The fourth-order valence-electron chi connectivity index (χ4n) is 2.46. The molecule has 3 N–H and O–H groups in total. The number of aromatic nitrogens is 2. The van der Waals surface area contributed by atoms with E-state index < -0.39 is 11.7 Å². The zero-order valence-corrected chi connectivity index (χ0v) is 17.9.